The van der Waals surface area contributed by atoms with E-state index in [0.717, 1.165) is 22.3 Å². The summed E-state index contributed by atoms with van der Waals surface area (Å²) in [5, 5.41) is 8.83. The van der Waals surface area contributed by atoms with Gasteiger partial charge in [0.15, 0.2) is 5.65 Å². The molecule has 3 rings (SSSR count). The fourth-order valence-electron chi connectivity index (χ4n) is 2.84. The number of carbonyl (C=O) groups is 1. The summed E-state index contributed by atoms with van der Waals surface area (Å²) in [6.07, 6.45) is 1.71. The van der Waals surface area contributed by atoms with Crippen molar-refractivity contribution in [1.29, 1.82) is 0 Å². The van der Waals surface area contributed by atoms with Gasteiger partial charge in [-0.2, -0.15) is 5.10 Å². The van der Waals surface area contributed by atoms with Crippen LogP contribution in [-0.4, -0.2) is 20.7 Å². The molecule has 0 saturated heterocycles. The number of hydrogen-bond donors (Lipinski definition) is 1. The second-order valence-corrected chi connectivity index (χ2v) is 6.92. The van der Waals surface area contributed by atoms with Gasteiger partial charge in [-0.25, -0.2) is 9.67 Å². The highest BCUT2D eigenvalue weighted by molar-refractivity contribution is 6.30. The van der Waals surface area contributed by atoms with Crippen LogP contribution in [0.25, 0.3) is 11.0 Å². The molecule has 0 aliphatic carbocycles. The van der Waals surface area contributed by atoms with Crippen molar-refractivity contribution in [1.82, 2.24) is 20.1 Å². The number of benzene rings is 1. The smallest absolute Gasteiger partial charge is 0.252 e. The topological polar surface area (TPSA) is 59.8 Å². The Morgan fingerprint density at radius 3 is 2.68 bits per heavy atom. The van der Waals surface area contributed by atoms with Crippen LogP contribution >= 0.6 is 11.6 Å². The average Bonchev–Trinajstić information content (AvgIpc) is 2.97. The minimum atomic E-state index is -0.158. The van der Waals surface area contributed by atoms with E-state index in [1.807, 2.05) is 56.6 Å². The highest BCUT2D eigenvalue weighted by Gasteiger charge is 2.18. The van der Waals surface area contributed by atoms with Crippen molar-refractivity contribution >= 4 is 28.5 Å². The summed E-state index contributed by atoms with van der Waals surface area (Å²) >= 11 is 6.04. The second kappa shape index (κ2) is 6.84. The molecule has 0 aliphatic heterocycles. The van der Waals surface area contributed by atoms with E-state index >= 15 is 0 Å². The highest BCUT2D eigenvalue weighted by Crippen LogP contribution is 2.23. The molecule has 1 atom stereocenters. The fraction of sp³-hybridized carbons (Fsp3) is 0.316. The van der Waals surface area contributed by atoms with Gasteiger partial charge in [0.05, 0.1) is 23.2 Å². The first-order chi connectivity index (χ1) is 11.9. The van der Waals surface area contributed by atoms with Crippen molar-refractivity contribution in [2.24, 2.45) is 0 Å². The number of carbonyl (C=O) groups excluding carboxylic acids is 1. The highest BCUT2D eigenvalue weighted by atomic mass is 35.5. The predicted molar refractivity (Wildman–Crippen MR) is 100.0 cm³/mol. The van der Waals surface area contributed by atoms with Gasteiger partial charge in [0.25, 0.3) is 5.91 Å². The van der Waals surface area contributed by atoms with Gasteiger partial charge in [-0.15, -0.1) is 0 Å². The Morgan fingerprint density at radius 2 is 2.00 bits per heavy atom. The summed E-state index contributed by atoms with van der Waals surface area (Å²) in [5.41, 5.74) is 3.06. The Hall–Kier alpha value is -2.40. The van der Waals surface area contributed by atoms with Gasteiger partial charge in [0.2, 0.25) is 0 Å². The molecule has 1 aromatic carbocycles. The molecule has 1 N–H and O–H groups in total. The lowest BCUT2D eigenvalue weighted by molar-refractivity contribution is 0.0941. The maximum absolute atomic E-state index is 12.8. The zero-order valence-electron chi connectivity index (χ0n) is 14.7. The summed E-state index contributed by atoms with van der Waals surface area (Å²) in [5.74, 6) is -0.147. The standard InChI is InChI=1S/C19H21ClN4O/c1-11(2)24-18-17(10-21-24)16(8-12(3)22-18)19(25)23-13(4)14-6-5-7-15(20)9-14/h5-11,13H,1-4H3,(H,23,25)/t13-/m1/s1. The normalized spacial score (nSPS) is 12.6. The average molecular weight is 357 g/mol. The quantitative estimate of drug-likeness (QED) is 0.750. The van der Waals surface area contributed by atoms with Gasteiger partial charge in [-0.05, 0) is 51.5 Å². The molecule has 0 spiro atoms. The number of nitrogens with one attached hydrogen (secondary N) is 1. The molecule has 0 saturated carbocycles. The number of aromatic nitrogens is 3. The first kappa shape index (κ1) is 17.4. The van der Waals surface area contributed by atoms with E-state index < -0.39 is 0 Å². The van der Waals surface area contributed by atoms with Crippen LogP contribution in [-0.2, 0) is 0 Å². The van der Waals surface area contributed by atoms with Gasteiger partial charge < -0.3 is 5.32 Å². The lowest BCUT2D eigenvalue weighted by Gasteiger charge is -2.15. The van der Waals surface area contributed by atoms with E-state index in [0.29, 0.717) is 10.6 Å². The SMILES string of the molecule is Cc1cc(C(=O)N[C@H](C)c2cccc(Cl)c2)c2cnn(C(C)C)c2n1. The summed E-state index contributed by atoms with van der Waals surface area (Å²) in [6, 6.07) is 9.31. The third kappa shape index (κ3) is 3.51. The predicted octanol–water partition coefficient (Wildman–Crippen LogP) is 4.47. The van der Waals surface area contributed by atoms with Crippen molar-refractivity contribution in [2.75, 3.05) is 0 Å². The van der Waals surface area contributed by atoms with Gasteiger partial charge in [-0.1, -0.05) is 23.7 Å². The zero-order chi connectivity index (χ0) is 18.1. The maximum Gasteiger partial charge on any atom is 0.252 e. The molecular formula is C19H21ClN4O. The summed E-state index contributed by atoms with van der Waals surface area (Å²) in [6.45, 7) is 7.90. The van der Waals surface area contributed by atoms with Crippen molar-refractivity contribution in [3.8, 4) is 0 Å². The van der Waals surface area contributed by atoms with Gasteiger partial charge in [0.1, 0.15) is 0 Å². The first-order valence-electron chi connectivity index (χ1n) is 8.28. The van der Waals surface area contributed by atoms with Gasteiger partial charge in [0, 0.05) is 16.8 Å². The van der Waals surface area contributed by atoms with Crippen LogP contribution in [0.15, 0.2) is 36.5 Å². The van der Waals surface area contributed by atoms with Crippen LogP contribution in [0.2, 0.25) is 5.02 Å². The lowest BCUT2D eigenvalue weighted by Crippen LogP contribution is -2.27. The van der Waals surface area contributed by atoms with Crippen LogP contribution in [0, 0.1) is 6.92 Å². The third-order valence-electron chi connectivity index (χ3n) is 4.12. The molecule has 5 nitrogen and oxygen atoms in total. The van der Waals surface area contributed by atoms with E-state index in [-0.39, 0.29) is 18.0 Å². The number of rotatable bonds is 4. The third-order valence-corrected chi connectivity index (χ3v) is 4.36. The Morgan fingerprint density at radius 1 is 1.24 bits per heavy atom. The molecule has 3 aromatic rings. The number of fused-ring (bicyclic) bond motifs is 1. The fourth-order valence-corrected chi connectivity index (χ4v) is 3.04. The molecule has 2 heterocycles. The summed E-state index contributed by atoms with van der Waals surface area (Å²) in [7, 11) is 0. The molecule has 2 aromatic heterocycles. The Kier molecular flexibility index (Phi) is 4.77. The molecule has 1 amide bonds. The Balaban J connectivity index is 1.94. The zero-order valence-corrected chi connectivity index (χ0v) is 15.5. The minimum absolute atomic E-state index is 0.147. The molecule has 0 aliphatic rings. The van der Waals surface area contributed by atoms with E-state index in [2.05, 4.69) is 15.4 Å². The molecule has 0 bridgehead atoms. The Labute approximate surface area is 152 Å². The maximum atomic E-state index is 12.8. The largest absolute Gasteiger partial charge is 0.345 e. The number of hydrogen-bond acceptors (Lipinski definition) is 3. The number of halogens is 1. The van der Waals surface area contributed by atoms with Crippen molar-refractivity contribution < 1.29 is 4.79 Å². The number of pyridine rings is 1. The van der Waals surface area contributed by atoms with Gasteiger partial charge >= 0.3 is 0 Å². The minimum Gasteiger partial charge on any atom is -0.345 e. The van der Waals surface area contributed by atoms with Gasteiger partial charge in [-0.3, -0.25) is 4.79 Å². The molecular weight excluding hydrogens is 336 g/mol. The van der Waals surface area contributed by atoms with E-state index in [1.54, 1.807) is 12.3 Å². The lowest BCUT2D eigenvalue weighted by atomic mass is 10.1. The molecule has 6 heteroatoms. The summed E-state index contributed by atoms with van der Waals surface area (Å²) < 4.78 is 1.83. The van der Waals surface area contributed by atoms with E-state index in [4.69, 9.17) is 11.6 Å². The Bertz CT molecular complexity index is 932. The molecule has 0 radical (unpaired) electrons. The number of amides is 1. The van der Waals surface area contributed by atoms with Crippen LogP contribution < -0.4 is 5.32 Å². The first-order valence-corrected chi connectivity index (χ1v) is 8.66. The molecule has 25 heavy (non-hydrogen) atoms. The van der Waals surface area contributed by atoms with E-state index in [1.165, 1.54) is 0 Å². The number of nitrogens with zero attached hydrogens (tertiary/aromatic N) is 3. The van der Waals surface area contributed by atoms with Crippen LogP contribution in [0.3, 0.4) is 0 Å². The second-order valence-electron chi connectivity index (χ2n) is 6.48. The van der Waals surface area contributed by atoms with Crippen molar-refractivity contribution in [3.05, 3.63) is 58.4 Å². The number of aryl methyl sites for hydroxylation is 1. The molecule has 0 fully saturated rings. The van der Waals surface area contributed by atoms with Crippen LogP contribution in [0.5, 0.6) is 0 Å². The van der Waals surface area contributed by atoms with Crippen LogP contribution in [0.4, 0.5) is 0 Å². The van der Waals surface area contributed by atoms with Crippen LogP contribution in [0.1, 0.15) is 54.5 Å². The van der Waals surface area contributed by atoms with Crippen molar-refractivity contribution in [3.63, 3.8) is 0 Å². The molecule has 130 valence electrons. The summed E-state index contributed by atoms with van der Waals surface area (Å²) in [4.78, 5) is 17.4. The monoisotopic (exact) mass is 356 g/mol. The van der Waals surface area contributed by atoms with E-state index in [9.17, 15) is 4.79 Å². The molecule has 0 unspecified atom stereocenters. The van der Waals surface area contributed by atoms with Crippen molar-refractivity contribution in [2.45, 2.75) is 39.8 Å².